The minimum Gasteiger partial charge on any atom is -0.373 e. The number of sulfonamides is 1. The number of carbonyl (C=O) groups excluding carboxylic acids is 3. The second-order valence-corrected chi connectivity index (χ2v) is 12.1. The number of rotatable bonds is 6. The first-order valence-electron chi connectivity index (χ1n) is 12.7. The highest BCUT2D eigenvalue weighted by Crippen LogP contribution is 2.34. The summed E-state index contributed by atoms with van der Waals surface area (Å²) in [6.45, 7) is 5.31. The summed E-state index contributed by atoms with van der Waals surface area (Å²) in [5, 5.41) is 7.14. The third kappa shape index (κ3) is 5.00. The summed E-state index contributed by atoms with van der Waals surface area (Å²) in [6.07, 6.45) is -0.426. The van der Waals surface area contributed by atoms with Crippen LogP contribution in [-0.2, 0) is 29.9 Å². The molecule has 39 heavy (non-hydrogen) atoms. The molecule has 0 aromatic heterocycles. The van der Waals surface area contributed by atoms with Gasteiger partial charge < -0.3 is 15.4 Å². The average molecular weight is 551 g/mol. The third-order valence-corrected chi connectivity index (χ3v) is 8.91. The molecule has 2 saturated heterocycles. The largest absolute Gasteiger partial charge is 0.373 e. The van der Waals surface area contributed by atoms with E-state index in [4.69, 9.17) is 4.74 Å². The number of carbonyl (C=O) groups is 3. The summed E-state index contributed by atoms with van der Waals surface area (Å²) in [5.74, 6) is -1.12. The van der Waals surface area contributed by atoms with Gasteiger partial charge in [-0.3, -0.25) is 14.5 Å². The number of amides is 4. The smallest absolute Gasteiger partial charge is 0.325 e. The molecule has 10 nitrogen and oxygen atoms in total. The first kappa shape index (κ1) is 26.8. The van der Waals surface area contributed by atoms with E-state index >= 15 is 0 Å². The van der Waals surface area contributed by atoms with E-state index in [-0.39, 0.29) is 30.2 Å². The molecule has 2 aliphatic rings. The Bertz CT molecular complexity index is 1540. The summed E-state index contributed by atoms with van der Waals surface area (Å²) in [6, 6.07) is 18.2. The molecule has 5 rings (SSSR count). The monoisotopic (exact) mass is 550 g/mol. The van der Waals surface area contributed by atoms with Crippen molar-refractivity contribution in [2.45, 2.75) is 43.4 Å². The molecule has 3 atom stereocenters. The van der Waals surface area contributed by atoms with Crippen molar-refractivity contribution in [1.82, 2.24) is 14.5 Å². The van der Waals surface area contributed by atoms with Gasteiger partial charge in [0.25, 0.3) is 5.91 Å². The summed E-state index contributed by atoms with van der Waals surface area (Å²) in [5.41, 5.74) is -0.350. The number of morpholine rings is 1. The normalized spacial score (nSPS) is 24.1. The predicted molar refractivity (Wildman–Crippen MR) is 145 cm³/mol. The van der Waals surface area contributed by atoms with Crippen LogP contribution < -0.4 is 10.6 Å². The summed E-state index contributed by atoms with van der Waals surface area (Å²) < 4.78 is 33.2. The highest BCUT2D eigenvalue weighted by molar-refractivity contribution is 7.89. The lowest BCUT2D eigenvalue weighted by Crippen LogP contribution is -2.48. The lowest BCUT2D eigenvalue weighted by molar-refractivity contribution is -0.133. The van der Waals surface area contributed by atoms with Gasteiger partial charge in [0.2, 0.25) is 15.9 Å². The zero-order chi connectivity index (χ0) is 27.9. The first-order valence-corrected chi connectivity index (χ1v) is 14.1. The summed E-state index contributed by atoms with van der Waals surface area (Å²) in [7, 11) is -3.73. The van der Waals surface area contributed by atoms with E-state index in [0.717, 1.165) is 15.7 Å². The van der Waals surface area contributed by atoms with Gasteiger partial charge in [0.1, 0.15) is 12.1 Å². The molecule has 0 radical (unpaired) electrons. The molecular weight excluding hydrogens is 520 g/mol. The number of hydrogen-bond acceptors (Lipinski definition) is 6. The SMILES string of the molecule is C[C@@H]1CN(S(=O)(=O)c2ccc(NC(=O)CN3C(=O)N[C@@](C)(c4cccc5ccccc45)C3=O)cc2)C[C@H](C)O1. The zero-order valence-corrected chi connectivity index (χ0v) is 22.7. The Hall–Kier alpha value is -3.80. The highest BCUT2D eigenvalue weighted by Gasteiger charge is 2.50. The molecule has 0 saturated carbocycles. The molecule has 0 aliphatic carbocycles. The van der Waals surface area contributed by atoms with E-state index in [1.807, 2.05) is 50.2 Å². The third-order valence-electron chi connectivity index (χ3n) is 7.07. The number of urea groups is 1. The molecule has 0 bridgehead atoms. The Morgan fingerprint density at radius 2 is 1.64 bits per heavy atom. The van der Waals surface area contributed by atoms with Crippen molar-refractivity contribution in [1.29, 1.82) is 0 Å². The van der Waals surface area contributed by atoms with Crippen LogP contribution in [0.2, 0.25) is 0 Å². The number of nitrogens with one attached hydrogen (secondary N) is 2. The Morgan fingerprint density at radius 3 is 2.33 bits per heavy atom. The van der Waals surface area contributed by atoms with Gasteiger partial charge >= 0.3 is 6.03 Å². The molecular formula is C28H30N4O6S. The Morgan fingerprint density at radius 1 is 1.00 bits per heavy atom. The fourth-order valence-electron chi connectivity index (χ4n) is 5.21. The van der Waals surface area contributed by atoms with Crippen LogP contribution >= 0.6 is 0 Å². The maximum Gasteiger partial charge on any atom is 0.325 e. The molecule has 2 N–H and O–H groups in total. The predicted octanol–water partition coefficient (Wildman–Crippen LogP) is 3.04. The average Bonchev–Trinajstić information content (AvgIpc) is 3.11. The number of hydrogen-bond donors (Lipinski definition) is 2. The Balaban J connectivity index is 1.27. The quantitative estimate of drug-likeness (QED) is 0.455. The van der Waals surface area contributed by atoms with Gasteiger partial charge in [0.05, 0.1) is 17.1 Å². The van der Waals surface area contributed by atoms with E-state index in [1.54, 1.807) is 13.0 Å². The number of fused-ring (bicyclic) bond motifs is 1. The summed E-state index contributed by atoms with van der Waals surface area (Å²) in [4.78, 5) is 40.0. The second-order valence-electron chi connectivity index (χ2n) is 10.1. The molecule has 3 aromatic carbocycles. The first-order chi connectivity index (χ1) is 18.5. The van der Waals surface area contributed by atoms with Crippen LogP contribution in [0.25, 0.3) is 10.8 Å². The minimum absolute atomic E-state index is 0.0988. The van der Waals surface area contributed by atoms with Crippen molar-refractivity contribution in [2.24, 2.45) is 0 Å². The Kier molecular flexibility index (Phi) is 6.91. The molecule has 0 unspecified atom stereocenters. The van der Waals surface area contributed by atoms with Crippen LogP contribution in [0, 0.1) is 0 Å². The zero-order valence-electron chi connectivity index (χ0n) is 21.9. The highest BCUT2D eigenvalue weighted by atomic mass is 32.2. The van der Waals surface area contributed by atoms with Crippen molar-refractivity contribution in [3.8, 4) is 0 Å². The molecule has 2 aliphatic heterocycles. The van der Waals surface area contributed by atoms with Crippen molar-refractivity contribution in [3.63, 3.8) is 0 Å². The number of imide groups is 1. The van der Waals surface area contributed by atoms with Crippen LogP contribution in [0.4, 0.5) is 10.5 Å². The van der Waals surface area contributed by atoms with Gasteiger partial charge in [-0.2, -0.15) is 4.31 Å². The van der Waals surface area contributed by atoms with Crippen molar-refractivity contribution < 1.29 is 27.5 Å². The van der Waals surface area contributed by atoms with Crippen LogP contribution in [0.1, 0.15) is 26.3 Å². The summed E-state index contributed by atoms with van der Waals surface area (Å²) >= 11 is 0. The van der Waals surface area contributed by atoms with E-state index in [1.165, 1.54) is 28.6 Å². The van der Waals surface area contributed by atoms with Crippen LogP contribution in [0.5, 0.6) is 0 Å². The van der Waals surface area contributed by atoms with Gasteiger partial charge in [-0.05, 0) is 61.4 Å². The van der Waals surface area contributed by atoms with Crippen LogP contribution in [-0.4, -0.2) is 67.3 Å². The van der Waals surface area contributed by atoms with Crippen molar-refractivity contribution in [2.75, 3.05) is 25.0 Å². The molecule has 3 aromatic rings. The minimum atomic E-state index is -3.73. The van der Waals surface area contributed by atoms with Gasteiger partial charge in [-0.25, -0.2) is 13.2 Å². The topological polar surface area (TPSA) is 125 Å². The molecule has 2 heterocycles. The molecule has 11 heteroatoms. The van der Waals surface area contributed by atoms with E-state index in [0.29, 0.717) is 11.3 Å². The molecule has 204 valence electrons. The fraction of sp³-hybridized carbons (Fsp3) is 0.321. The number of nitrogens with zero attached hydrogens (tertiary/aromatic N) is 2. The van der Waals surface area contributed by atoms with Gasteiger partial charge in [-0.1, -0.05) is 42.5 Å². The lowest BCUT2D eigenvalue weighted by atomic mass is 9.88. The molecule has 4 amide bonds. The van der Waals surface area contributed by atoms with Gasteiger partial charge in [0, 0.05) is 18.8 Å². The molecule has 2 fully saturated rings. The standard InChI is InChI=1S/C28H30N4O6S/c1-18-15-31(16-19(2)38-18)39(36,37)22-13-11-21(12-14-22)29-25(33)17-32-26(34)28(3,30-27(32)35)24-10-6-8-20-7-4-5-9-23(20)24/h4-14,18-19H,15-17H2,1-3H3,(H,29,33)(H,30,35)/t18-,19+,28-/m0/s1. The second kappa shape index (κ2) is 10.1. The van der Waals surface area contributed by atoms with Gasteiger partial charge in [0.15, 0.2) is 0 Å². The van der Waals surface area contributed by atoms with Gasteiger partial charge in [-0.15, -0.1) is 0 Å². The maximum atomic E-state index is 13.4. The van der Waals surface area contributed by atoms with Crippen LogP contribution in [0.3, 0.4) is 0 Å². The van der Waals surface area contributed by atoms with Crippen molar-refractivity contribution in [3.05, 3.63) is 72.3 Å². The number of ether oxygens (including phenoxy) is 1. The Labute approximate surface area is 227 Å². The van der Waals surface area contributed by atoms with Crippen molar-refractivity contribution >= 4 is 44.3 Å². The fourth-order valence-corrected chi connectivity index (χ4v) is 6.81. The van der Waals surface area contributed by atoms with Crippen LogP contribution in [0.15, 0.2) is 71.6 Å². The van der Waals surface area contributed by atoms with E-state index in [9.17, 15) is 22.8 Å². The number of anilines is 1. The molecule has 0 spiro atoms. The lowest BCUT2D eigenvalue weighted by Gasteiger charge is -2.34. The van der Waals surface area contributed by atoms with E-state index < -0.39 is 40.0 Å². The maximum absolute atomic E-state index is 13.4. The van der Waals surface area contributed by atoms with E-state index in [2.05, 4.69) is 10.6 Å². The number of benzene rings is 3.